The van der Waals surface area contributed by atoms with Crippen molar-refractivity contribution >= 4 is 50.2 Å². The maximum absolute atomic E-state index is 13.5. The lowest BCUT2D eigenvalue weighted by Gasteiger charge is -2.35. The molecule has 1 amide bonds. The number of nitrogens with zero attached hydrogens (tertiary/aromatic N) is 7. The maximum Gasteiger partial charge on any atom is 0.226 e. The number of hydrogen-bond donors (Lipinski definition) is 1. The first-order valence-electron chi connectivity index (χ1n) is 12.6. The van der Waals surface area contributed by atoms with Gasteiger partial charge in [-0.25, -0.2) is 14.5 Å². The van der Waals surface area contributed by atoms with Crippen molar-refractivity contribution in [1.29, 1.82) is 0 Å². The first-order valence-corrected chi connectivity index (χ1v) is 13.5. The monoisotopic (exact) mass is 502 g/mol. The minimum Gasteiger partial charge on any atom is -0.375 e. The number of anilines is 3. The molecular weight excluding hydrogens is 472 g/mol. The van der Waals surface area contributed by atoms with Crippen LogP contribution in [0.25, 0.3) is 15.7 Å². The molecule has 36 heavy (non-hydrogen) atoms. The summed E-state index contributed by atoms with van der Waals surface area (Å²) in [6.07, 6.45) is 9.19. The number of hydrogen-bond acceptors (Lipinski definition) is 8. The molecule has 2 aliphatic heterocycles. The summed E-state index contributed by atoms with van der Waals surface area (Å²) in [5.74, 6) is 1.26. The first kappa shape index (κ1) is 22.0. The molecule has 2 unspecified atom stereocenters. The molecule has 1 N–H and O–H groups in total. The minimum atomic E-state index is 0.0733. The van der Waals surface area contributed by atoms with Gasteiger partial charge in [-0.2, -0.15) is 5.10 Å². The molecule has 2 fully saturated rings. The van der Waals surface area contributed by atoms with Crippen molar-refractivity contribution in [2.45, 2.75) is 37.8 Å². The van der Waals surface area contributed by atoms with Crippen LogP contribution < -0.4 is 10.2 Å². The summed E-state index contributed by atoms with van der Waals surface area (Å²) in [7, 11) is 6.23. The molecule has 2 bridgehead atoms. The third-order valence-corrected chi connectivity index (χ3v) is 9.40. The normalized spacial score (nSPS) is 23.5. The number of carbonyl (C=O) groups excluding carboxylic acids is 1. The van der Waals surface area contributed by atoms with Gasteiger partial charge in [0.05, 0.1) is 28.5 Å². The molecule has 3 atom stereocenters. The maximum atomic E-state index is 13.5. The number of carbonyl (C=O) groups is 1. The molecule has 4 aromatic heterocycles. The van der Waals surface area contributed by atoms with Crippen molar-refractivity contribution in [3.05, 3.63) is 41.3 Å². The van der Waals surface area contributed by atoms with E-state index < -0.39 is 0 Å². The Bertz CT molecular complexity index is 1490. The topological polar surface area (TPSA) is 81.9 Å². The summed E-state index contributed by atoms with van der Waals surface area (Å²) in [5, 5.41) is 9.09. The molecule has 6 heterocycles. The fraction of sp³-hybridized carbons (Fsp3) is 0.462. The van der Waals surface area contributed by atoms with Crippen LogP contribution in [0.4, 0.5) is 17.2 Å². The van der Waals surface area contributed by atoms with Crippen molar-refractivity contribution in [3.63, 3.8) is 0 Å². The Morgan fingerprint density at radius 1 is 1.22 bits per heavy atom. The molecule has 186 valence electrons. The van der Waals surface area contributed by atoms with Crippen LogP contribution in [-0.4, -0.2) is 81.6 Å². The van der Waals surface area contributed by atoms with Gasteiger partial charge in [0.25, 0.3) is 0 Å². The summed E-state index contributed by atoms with van der Waals surface area (Å²) in [6, 6.07) is 5.04. The molecule has 0 spiro atoms. The highest BCUT2D eigenvalue weighted by Gasteiger charge is 2.45. The van der Waals surface area contributed by atoms with Crippen molar-refractivity contribution < 1.29 is 4.79 Å². The Labute approximate surface area is 213 Å². The highest BCUT2D eigenvalue weighted by atomic mass is 32.1. The summed E-state index contributed by atoms with van der Waals surface area (Å²) >= 11 is 1.72. The van der Waals surface area contributed by atoms with Crippen LogP contribution in [0.5, 0.6) is 0 Å². The van der Waals surface area contributed by atoms with Gasteiger partial charge in [-0.3, -0.25) is 9.69 Å². The standard InChI is InChI=1S/C26H30N8OS/c1-31(2)21-13-34-16(6-7-29-34)10-20(21)30-24-23-19-5-4-15(8-22(19)36-25(23)28-14-27-24)26(35)33-12-17-9-18(33)11-32(17)3/h6-7,10,13-15,17-18H,4-5,8-9,11-12H2,1-3H3,(H,27,28,30)/t15-,17?,18?/m0/s1. The second kappa shape index (κ2) is 8.14. The number of pyridine rings is 1. The van der Waals surface area contributed by atoms with Crippen molar-refractivity contribution in [1.82, 2.24) is 29.4 Å². The highest BCUT2D eigenvalue weighted by Crippen LogP contribution is 2.42. The number of aryl methyl sites for hydroxylation is 1. The fourth-order valence-electron chi connectivity index (χ4n) is 6.32. The summed E-state index contributed by atoms with van der Waals surface area (Å²) in [5.41, 5.74) is 4.33. The van der Waals surface area contributed by atoms with Crippen LogP contribution in [0.15, 0.2) is 30.9 Å². The summed E-state index contributed by atoms with van der Waals surface area (Å²) in [6.45, 7) is 1.91. The third kappa shape index (κ3) is 3.38. The second-order valence-electron chi connectivity index (χ2n) is 10.6. The molecule has 2 saturated heterocycles. The Kier molecular flexibility index (Phi) is 4.97. The molecule has 0 aromatic carbocycles. The van der Waals surface area contributed by atoms with E-state index in [0.717, 1.165) is 71.7 Å². The number of rotatable bonds is 4. The van der Waals surface area contributed by atoms with Crippen LogP contribution in [0.2, 0.25) is 0 Å². The second-order valence-corrected chi connectivity index (χ2v) is 11.7. The van der Waals surface area contributed by atoms with Crippen LogP contribution in [-0.2, 0) is 17.6 Å². The smallest absolute Gasteiger partial charge is 0.226 e. The number of aromatic nitrogens is 4. The van der Waals surface area contributed by atoms with Gasteiger partial charge in [0, 0.05) is 56.3 Å². The molecule has 0 saturated carbocycles. The number of thiophene rings is 1. The van der Waals surface area contributed by atoms with E-state index in [4.69, 9.17) is 0 Å². The van der Waals surface area contributed by atoms with Crippen LogP contribution in [0, 0.1) is 5.92 Å². The predicted molar refractivity (Wildman–Crippen MR) is 142 cm³/mol. The van der Waals surface area contributed by atoms with Crippen molar-refractivity contribution in [3.8, 4) is 0 Å². The van der Waals surface area contributed by atoms with Gasteiger partial charge in [0.2, 0.25) is 5.91 Å². The summed E-state index contributed by atoms with van der Waals surface area (Å²) < 4.78 is 1.88. The largest absolute Gasteiger partial charge is 0.375 e. The zero-order valence-corrected chi connectivity index (χ0v) is 21.6. The average molecular weight is 503 g/mol. The molecule has 9 nitrogen and oxygen atoms in total. The average Bonchev–Trinajstić information content (AvgIpc) is 3.64. The Morgan fingerprint density at radius 3 is 2.89 bits per heavy atom. The van der Waals surface area contributed by atoms with Gasteiger partial charge in [0.1, 0.15) is 17.0 Å². The molecule has 1 aliphatic carbocycles. The Hall–Kier alpha value is -3.24. The van der Waals surface area contributed by atoms with E-state index in [9.17, 15) is 4.79 Å². The van der Waals surface area contributed by atoms with Gasteiger partial charge in [-0.05, 0) is 50.4 Å². The van der Waals surface area contributed by atoms with Crippen molar-refractivity contribution in [2.75, 3.05) is 44.4 Å². The number of amides is 1. The Morgan fingerprint density at radius 2 is 2.11 bits per heavy atom. The lowest BCUT2D eigenvalue weighted by molar-refractivity contribution is -0.138. The molecule has 0 radical (unpaired) electrons. The van der Waals surface area contributed by atoms with Crippen LogP contribution in [0.3, 0.4) is 0 Å². The Balaban J connectivity index is 1.20. The number of nitrogens with one attached hydrogen (secondary N) is 1. The van der Waals surface area contributed by atoms with Gasteiger partial charge in [-0.15, -0.1) is 11.3 Å². The van der Waals surface area contributed by atoms with E-state index in [1.807, 2.05) is 30.9 Å². The van der Waals surface area contributed by atoms with E-state index in [-0.39, 0.29) is 5.92 Å². The highest BCUT2D eigenvalue weighted by molar-refractivity contribution is 7.19. The summed E-state index contributed by atoms with van der Waals surface area (Å²) in [4.78, 5) is 31.7. The van der Waals surface area contributed by atoms with Crippen molar-refractivity contribution in [2.24, 2.45) is 5.92 Å². The van der Waals surface area contributed by atoms with E-state index in [0.29, 0.717) is 18.0 Å². The number of fused-ring (bicyclic) bond motifs is 6. The predicted octanol–water partition coefficient (Wildman–Crippen LogP) is 3.17. The number of likely N-dealkylation sites (N-methyl/N-ethyl adjacent to an activating group) is 1. The van der Waals surface area contributed by atoms with Gasteiger partial charge in [-0.1, -0.05) is 0 Å². The first-order chi connectivity index (χ1) is 17.5. The van der Waals surface area contributed by atoms with E-state index >= 15 is 0 Å². The molecule has 10 heteroatoms. The van der Waals surface area contributed by atoms with E-state index in [2.05, 4.69) is 48.2 Å². The van der Waals surface area contributed by atoms with Crippen LogP contribution >= 0.6 is 11.3 Å². The van der Waals surface area contributed by atoms with Gasteiger partial charge < -0.3 is 15.1 Å². The number of likely N-dealkylation sites (tertiary alicyclic amines) is 2. The SMILES string of the molecule is CN(C)c1cn2nccc2cc1Nc1ncnc2sc3c(c12)CC[C@H](C(=O)N1CC2CC1CN2C)C3. The molecular formula is C26H30N8OS. The lowest BCUT2D eigenvalue weighted by atomic mass is 9.86. The zero-order chi connectivity index (χ0) is 24.6. The zero-order valence-electron chi connectivity index (χ0n) is 20.8. The lowest BCUT2D eigenvalue weighted by Crippen LogP contribution is -2.49. The molecule has 4 aromatic rings. The fourth-order valence-corrected chi connectivity index (χ4v) is 7.59. The quantitative estimate of drug-likeness (QED) is 0.459. The third-order valence-electron chi connectivity index (χ3n) is 8.24. The number of piperazine rings is 1. The molecule has 3 aliphatic rings. The van der Waals surface area contributed by atoms with Gasteiger partial charge >= 0.3 is 0 Å². The van der Waals surface area contributed by atoms with Crippen LogP contribution in [0.1, 0.15) is 23.3 Å². The van der Waals surface area contributed by atoms with E-state index in [1.165, 1.54) is 10.4 Å². The molecule has 7 rings (SSSR count). The van der Waals surface area contributed by atoms with Gasteiger partial charge in [0.15, 0.2) is 0 Å². The minimum absolute atomic E-state index is 0.0733. The van der Waals surface area contributed by atoms with E-state index in [1.54, 1.807) is 23.9 Å².